The van der Waals surface area contributed by atoms with Gasteiger partial charge in [0.1, 0.15) is 0 Å². The molecule has 2 N–H and O–H groups in total. The van der Waals surface area contributed by atoms with Crippen LogP contribution in [0.1, 0.15) is 0 Å². The molecule has 2 aliphatic rings. The van der Waals surface area contributed by atoms with Crippen LogP contribution in [0.4, 0.5) is 0 Å². The molecule has 4 heteroatoms. The second-order valence-corrected chi connectivity index (χ2v) is 3.48. The molecule has 2 heterocycles. The fourth-order valence-electron chi connectivity index (χ4n) is 1.72. The summed E-state index contributed by atoms with van der Waals surface area (Å²) in [5.74, 6) is 0. The van der Waals surface area contributed by atoms with Gasteiger partial charge in [0.15, 0.2) is 0 Å². The second-order valence-electron chi connectivity index (χ2n) is 3.48. The molecule has 1 atom stereocenters. The quantitative estimate of drug-likeness (QED) is 0.540. The van der Waals surface area contributed by atoms with Crippen molar-refractivity contribution in [3.8, 4) is 0 Å². The van der Waals surface area contributed by atoms with Crippen LogP contribution in [-0.4, -0.2) is 61.5 Å². The van der Waals surface area contributed by atoms with Gasteiger partial charge >= 0.3 is 0 Å². The highest BCUT2D eigenvalue weighted by Crippen LogP contribution is 2.11. The molecule has 0 aromatic rings. The molecule has 2 rings (SSSR count). The van der Waals surface area contributed by atoms with Gasteiger partial charge in [-0.1, -0.05) is 0 Å². The number of morpholine rings is 1. The molecule has 0 radical (unpaired) electrons. The van der Waals surface area contributed by atoms with E-state index in [1.807, 2.05) is 0 Å². The molecule has 4 nitrogen and oxygen atoms in total. The topological polar surface area (TPSA) is 44.7 Å². The summed E-state index contributed by atoms with van der Waals surface area (Å²) in [4.78, 5) is 2.40. The van der Waals surface area contributed by atoms with Crippen LogP contribution in [-0.2, 0) is 4.74 Å². The van der Waals surface area contributed by atoms with E-state index in [0.717, 1.165) is 32.8 Å². The number of ether oxygens (including phenoxy) is 1. The number of rotatable bonds is 2. The van der Waals surface area contributed by atoms with E-state index in [1.165, 1.54) is 0 Å². The third kappa shape index (κ3) is 1.61. The summed E-state index contributed by atoms with van der Waals surface area (Å²) < 4.78 is 5.36. The van der Waals surface area contributed by atoms with E-state index in [4.69, 9.17) is 9.84 Å². The van der Waals surface area contributed by atoms with Gasteiger partial charge in [0.2, 0.25) is 0 Å². The summed E-state index contributed by atoms with van der Waals surface area (Å²) in [6.45, 7) is 5.01. The lowest BCUT2D eigenvalue weighted by atomic mass is 10.1. The predicted molar refractivity (Wildman–Crippen MR) is 45.1 cm³/mol. The number of nitrogens with one attached hydrogen (secondary N) is 1. The third-order valence-corrected chi connectivity index (χ3v) is 2.65. The van der Waals surface area contributed by atoms with Gasteiger partial charge in [0.05, 0.1) is 19.3 Å². The lowest BCUT2D eigenvalue weighted by Crippen LogP contribution is -2.61. The van der Waals surface area contributed by atoms with E-state index in [0.29, 0.717) is 6.04 Å². The standard InChI is InChI=1S/C8H16N2O2/c11-6-8-5-10(1-2-12-8)7-3-9-4-7/h7-9,11H,1-6H2/t8-/m0/s1. The van der Waals surface area contributed by atoms with Crippen LogP contribution in [0, 0.1) is 0 Å². The maximum absolute atomic E-state index is 8.91. The Morgan fingerprint density at radius 1 is 1.50 bits per heavy atom. The Morgan fingerprint density at radius 2 is 2.33 bits per heavy atom. The number of aliphatic hydroxyl groups excluding tert-OH is 1. The molecule has 0 unspecified atom stereocenters. The molecule has 70 valence electrons. The van der Waals surface area contributed by atoms with Crippen molar-refractivity contribution >= 4 is 0 Å². The van der Waals surface area contributed by atoms with Crippen molar-refractivity contribution in [3.05, 3.63) is 0 Å². The van der Waals surface area contributed by atoms with Gasteiger partial charge in [-0.15, -0.1) is 0 Å². The van der Waals surface area contributed by atoms with Gasteiger partial charge < -0.3 is 15.2 Å². The summed E-state index contributed by atoms with van der Waals surface area (Å²) in [5.41, 5.74) is 0. The summed E-state index contributed by atoms with van der Waals surface area (Å²) in [7, 11) is 0. The van der Waals surface area contributed by atoms with Crippen LogP contribution in [0.5, 0.6) is 0 Å². The van der Waals surface area contributed by atoms with Crippen molar-refractivity contribution in [2.75, 3.05) is 39.4 Å². The summed E-state index contributed by atoms with van der Waals surface area (Å²) >= 11 is 0. The van der Waals surface area contributed by atoms with E-state index >= 15 is 0 Å². The molecular formula is C8H16N2O2. The van der Waals surface area contributed by atoms with Gasteiger partial charge in [0, 0.05) is 32.2 Å². The minimum Gasteiger partial charge on any atom is -0.394 e. The van der Waals surface area contributed by atoms with E-state index in [2.05, 4.69) is 10.2 Å². The van der Waals surface area contributed by atoms with Gasteiger partial charge in [-0.25, -0.2) is 0 Å². The van der Waals surface area contributed by atoms with E-state index in [9.17, 15) is 0 Å². The lowest BCUT2D eigenvalue weighted by Gasteiger charge is -2.42. The average molecular weight is 172 g/mol. The first kappa shape index (κ1) is 8.44. The Bertz CT molecular complexity index is 150. The molecule has 0 aromatic carbocycles. The fourth-order valence-corrected chi connectivity index (χ4v) is 1.72. The van der Waals surface area contributed by atoms with Crippen LogP contribution < -0.4 is 5.32 Å². The van der Waals surface area contributed by atoms with E-state index in [-0.39, 0.29) is 12.7 Å². The molecule has 0 amide bonds. The summed E-state index contributed by atoms with van der Waals surface area (Å²) in [6.07, 6.45) is 0.0411. The Morgan fingerprint density at radius 3 is 2.92 bits per heavy atom. The molecule has 2 fully saturated rings. The Hall–Kier alpha value is -0.160. The van der Waals surface area contributed by atoms with Gasteiger partial charge in [-0.05, 0) is 0 Å². The third-order valence-electron chi connectivity index (χ3n) is 2.65. The van der Waals surface area contributed by atoms with Crippen LogP contribution >= 0.6 is 0 Å². The fraction of sp³-hybridized carbons (Fsp3) is 1.00. The second kappa shape index (κ2) is 3.70. The SMILES string of the molecule is OC[C@@H]1CN(C2CNC2)CCO1. The van der Waals surface area contributed by atoms with E-state index in [1.54, 1.807) is 0 Å². The minimum atomic E-state index is 0.0411. The van der Waals surface area contributed by atoms with Gasteiger partial charge in [-0.3, -0.25) is 4.90 Å². The maximum Gasteiger partial charge on any atom is 0.0933 e. The van der Waals surface area contributed by atoms with Crippen LogP contribution in [0.3, 0.4) is 0 Å². The van der Waals surface area contributed by atoms with Crippen LogP contribution in [0.2, 0.25) is 0 Å². The highest BCUT2D eigenvalue weighted by molar-refractivity contribution is 4.87. The Labute approximate surface area is 72.5 Å². The monoisotopic (exact) mass is 172 g/mol. The van der Waals surface area contributed by atoms with Crippen molar-refractivity contribution in [1.29, 1.82) is 0 Å². The van der Waals surface area contributed by atoms with Crippen molar-refractivity contribution in [1.82, 2.24) is 10.2 Å². The summed E-state index contributed by atoms with van der Waals surface area (Å²) in [5, 5.41) is 12.2. The number of hydrogen-bond donors (Lipinski definition) is 2. The predicted octanol–water partition coefficient (Wildman–Crippen LogP) is -1.35. The van der Waals surface area contributed by atoms with Crippen molar-refractivity contribution in [2.45, 2.75) is 12.1 Å². The van der Waals surface area contributed by atoms with Gasteiger partial charge in [0.25, 0.3) is 0 Å². The Kier molecular flexibility index (Phi) is 2.60. The molecule has 12 heavy (non-hydrogen) atoms. The zero-order valence-electron chi connectivity index (χ0n) is 7.20. The molecule has 2 aliphatic heterocycles. The summed E-state index contributed by atoms with van der Waals surface area (Å²) in [6, 6.07) is 0.683. The smallest absolute Gasteiger partial charge is 0.0933 e. The first-order valence-corrected chi connectivity index (χ1v) is 4.57. The molecule has 2 saturated heterocycles. The Balaban J connectivity index is 1.81. The van der Waals surface area contributed by atoms with Crippen LogP contribution in [0.15, 0.2) is 0 Å². The minimum absolute atomic E-state index is 0.0411. The molecule has 0 saturated carbocycles. The first-order chi connectivity index (χ1) is 5.90. The largest absolute Gasteiger partial charge is 0.394 e. The zero-order valence-corrected chi connectivity index (χ0v) is 7.20. The van der Waals surface area contributed by atoms with E-state index < -0.39 is 0 Å². The molecule has 0 aromatic heterocycles. The molecular weight excluding hydrogens is 156 g/mol. The highest BCUT2D eigenvalue weighted by atomic mass is 16.5. The van der Waals surface area contributed by atoms with Crippen molar-refractivity contribution in [2.24, 2.45) is 0 Å². The van der Waals surface area contributed by atoms with Gasteiger partial charge in [-0.2, -0.15) is 0 Å². The number of aliphatic hydroxyl groups is 1. The molecule has 0 spiro atoms. The highest BCUT2D eigenvalue weighted by Gasteiger charge is 2.29. The maximum atomic E-state index is 8.91. The normalized spacial score (nSPS) is 33.2. The lowest BCUT2D eigenvalue weighted by molar-refractivity contribution is -0.0702. The number of nitrogens with zero attached hydrogens (tertiary/aromatic N) is 1. The van der Waals surface area contributed by atoms with Crippen molar-refractivity contribution in [3.63, 3.8) is 0 Å². The van der Waals surface area contributed by atoms with Crippen molar-refractivity contribution < 1.29 is 9.84 Å². The first-order valence-electron chi connectivity index (χ1n) is 4.57. The average Bonchev–Trinajstić information content (AvgIpc) is 2.02. The molecule has 0 aliphatic carbocycles. The molecule has 0 bridgehead atoms. The van der Waals surface area contributed by atoms with Crippen LogP contribution in [0.25, 0.3) is 0 Å². The number of hydrogen-bond acceptors (Lipinski definition) is 4. The zero-order chi connectivity index (χ0) is 8.39.